The number of Topliss-reactive ketones (excluding diaryl/α,β-unsaturated/α-hetero) is 1. The van der Waals surface area contributed by atoms with E-state index in [1.807, 2.05) is 42.5 Å². The van der Waals surface area contributed by atoms with Gasteiger partial charge in [-0.15, -0.1) is 12.3 Å². The number of fused-ring (bicyclic) bond motifs is 2. The van der Waals surface area contributed by atoms with Crippen molar-refractivity contribution < 1.29 is 74.5 Å². The summed E-state index contributed by atoms with van der Waals surface area (Å²) in [5.74, 6) is 3.24. The van der Waals surface area contributed by atoms with Gasteiger partial charge in [0.25, 0.3) is 0 Å². The molecule has 10 N–H and O–H groups in total. The molecule has 0 radical (unpaired) electrons. The molecule has 0 saturated carbocycles. The van der Waals surface area contributed by atoms with Crippen molar-refractivity contribution >= 4 is 33.4 Å². The minimum Gasteiger partial charge on any atom is -0.445 e. The second kappa shape index (κ2) is 76.8. The maximum Gasteiger partial charge on any atom is 0.407 e. The van der Waals surface area contributed by atoms with Crippen LogP contribution in [-0.2, 0) is 50.2 Å². The fourth-order valence-electron chi connectivity index (χ4n) is 21.6. The number of ketones is 1. The van der Waals surface area contributed by atoms with Gasteiger partial charge in [-0.25, -0.2) is 4.79 Å². The number of aliphatic hydroxyl groups is 9. The molecule has 0 aliphatic rings. The number of benzene rings is 6. The first-order chi connectivity index (χ1) is 65.3. The van der Waals surface area contributed by atoms with Gasteiger partial charge >= 0.3 is 6.09 Å². The molecule has 6 rings (SSSR count). The molecule has 0 spiro atoms. The Kier molecular flexibility index (Phi) is 67.7. The van der Waals surface area contributed by atoms with Gasteiger partial charge < -0.3 is 70.2 Å². The maximum absolute atomic E-state index is 14.0. The highest BCUT2D eigenvalue weighted by Crippen LogP contribution is 2.47. The number of carbonyl (C=O) groups excluding carboxylic acids is 2. The van der Waals surface area contributed by atoms with E-state index in [2.05, 4.69) is 114 Å². The lowest BCUT2D eigenvalue weighted by Gasteiger charge is -2.35. The van der Waals surface area contributed by atoms with E-state index in [1.54, 1.807) is 0 Å². The molecular weight excluding hydrogens is 1660 g/mol. The standard InChI is InChI=1S/C81H141NO12.C36H46O3/c83-60-28-49-78(50-29-61-84,51-30-62-85)43-21-9-1-4-12-24-46-81(47-25-13-5-2-10-22-44-79(52-31-63-86,53-32-64-87)54-33-65-88,48-26-14-6-3-11-23-45-80(55-34-66-89,56-35-67-90)57-36-68-91)58-42-73(92)39-16-8-7-15-27-59-82-77(93)94-70-76-74-40-19-17-37-71(74)69-72-38-18-20-41-75(72)76;1-2-3-13-23-36(24-14-27-37-30-33-17-7-4-8-18-33,25-15-28-38-31-34-19-9-5-10-20-34)26-16-29-39-32-35-21-11-6-12-22-35/h17-20,37-38,40-41,69,83-91H,1-16,21-36,39,42-68,70H2,(H,82,93);1,4-12,17-22H,3,13-16,23-32H2. The predicted octanol–water partition coefficient (Wildman–Crippen LogP) is 26.9. The zero-order valence-electron chi connectivity index (χ0n) is 83.1. The first-order valence-electron chi connectivity index (χ1n) is 53.4. The molecule has 133 heavy (non-hydrogen) atoms. The molecule has 0 aliphatic heterocycles. The molecule has 0 aromatic heterocycles. The summed E-state index contributed by atoms with van der Waals surface area (Å²) in [5, 5.41) is 95.1. The van der Waals surface area contributed by atoms with Crippen LogP contribution in [0.3, 0.4) is 0 Å². The molecule has 6 aromatic carbocycles. The van der Waals surface area contributed by atoms with Crippen molar-refractivity contribution in [3.63, 3.8) is 0 Å². The third-order valence-corrected chi connectivity index (χ3v) is 29.2. The maximum atomic E-state index is 14.0. The SMILES string of the molecule is C#CCCCC(CCCOCc1ccccc1)(CCCOCc1ccccc1)CCCOCc1ccccc1.O=C(CCCCCCCNC(=O)OCc1c2ccccc2cc2ccccc12)CCC(CCCCCCCCC(CCCO)(CCCO)CCCO)(CCCCCCCCC(CCCO)(CCCO)CCCO)CCCCCCCCC(CCCO)(CCCO)CCCO. The van der Waals surface area contributed by atoms with Crippen LogP contribution in [0.2, 0.25) is 0 Å². The van der Waals surface area contributed by atoms with Crippen LogP contribution in [0.5, 0.6) is 0 Å². The van der Waals surface area contributed by atoms with Gasteiger partial charge in [0.1, 0.15) is 12.4 Å². The summed E-state index contributed by atoms with van der Waals surface area (Å²) in [4.78, 5) is 26.9. The van der Waals surface area contributed by atoms with E-state index in [-0.39, 0.29) is 93.1 Å². The van der Waals surface area contributed by atoms with Crippen LogP contribution >= 0.6 is 0 Å². The molecule has 750 valence electrons. The first-order valence-corrected chi connectivity index (χ1v) is 53.4. The van der Waals surface area contributed by atoms with Crippen molar-refractivity contribution in [2.75, 3.05) is 85.8 Å². The van der Waals surface area contributed by atoms with Crippen LogP contribution in [0.15, 0.2) is 146 Å². The molecule has 1 amide bonds. The number of rotatable bonds is 88. The molecule has 0 unspecified atom stereocenters. The Labute approximate surface area is 806 Å². The fraction of sp³-hybridized carbons (Fsp3) is 0.692. The lowest BCUT2D eigenvalue weighted by molar-refractivity contribution is -0.120. The second-order valence-corrected chi connectivity index (χ2v) is 39.6. The van der Waals surface area contributed by atoms with Crippen molar-refractivity contribution in [1.29, 1.82) is 0 Å². The Morgan fingerprint density at radius 1 is 0.271 bits per heavy atom. The number of aliphatic hydroxyl groups excluding tert-OH is 9. The Balaban J connectivity index is 0.000000662. The topological polar surface area (TPSA) is 265 Å². The number of nitrogens with one attached hydrogen (secondary N) is 1. The molecule has 0 aliphatic carbocycles. The monoisotopic (exact) mass is 1850 g/mol. The normalized spacial score (nSPS) is 12.1. The van der Waals surface area contributed by atoms with Crippen LogP contribution in [0.1, 0.15) is 401 Å². The van der Waals surface area contributed by atoms with Gasteiger partial charge in [-0.2, -0.15) is 0 Å². The second-order valence-electron chi connectivity index (χ2n) is 39.6. The molecular formula is C117H187NO15. The molecule has 0 heterocycles. The van der Waals surface area contributed by atoms with Crippen LogP contribution in [-0.4, -0.2) is 144 Å². The summed E-state index contributed by atoms with van der Waals surface area (Å²) < 4.78 is 23.9. The summed E-state index contributed by atoms with van der Waals surface area (Å²) in [5.41, 5.74) is 5.26. The Bertz CT molecular complexity index is 3420. The van der Waals surface area contributed by atoms with E-state index in [4.69, 9.17) is 25.4 Å². The number of hydrogen-bond donors (Lipinski definition) is 10. The van der Waals surface area contributed by atoms with Gasteiger partial charge in [0.2, 0.25) is 0 Å². The number of carbonyl (C=O) groups is 2. The van der Waals surface area contributed by atoms with Crippen molar-refractivity contribution in [3.8, 4) is 12.3 Å². The number of ether oxygens (including phenoxy) is 4. The van der Waals surface area contributed by atoms with Crippen LogP contribution < -0.4 is 5.32 Å². The smallest absolute Gasteiger partial charge is 0.407 e. The largest absolute Gasteiger partial charge is 0.445 e. The van der Waals surface area contributed by atoms with E-state index < -0.39 is 6.09 Å². The fourth-order valence-corrected chi connectivity index (χ4v) is 21.6. The Hall–Kier alpha value is -6.14. The van der Waals surface area contributed by atoms with Gasteiger partial charge in [0, 0.05) is 111 Å². The van der Waals surface area contributed by atoms with Crippen molar-refractivity contribution in [1.82, 2.24) is 5.32 Å². The van der Waals surface area contributed by atoms with Crippen LogP contribution in [0.25, 0.3) is 21.5 Å². The molecule has 0 atom stereocenters. The summed E-state index contributed by atoms with van der Waals surface area (Å²) in [7, 11) is 0. The van der Waals surface area contributed by atoms with Crippen LogP contribution in [0.4, 0.5) is 4.79 Å². The average Bonchev–Trinajstić information content (AvgIpc) is 0.775. The number of terminal acetylenes is 1. The third-order valence-electron chi connectivity index (χ3n) is 29.2. The van der Waals surface area contributed by atoms with Crippen LogP contribution in [0, 0.1) is 39.4 Å². The van der Waals surface area contributed by atoms with Crippen molar-refractivity contribution in [2.45, 2.75) is 405 Å². The zero-order valence-corrected chi connectivity index (χ0v) is 83.1. The van der Waals surface area contributed by atoms with Gasteiger partial charge in [-0.1, -0.05) is 274 Å². The highest BCUT2D eigenvalue weighted by molar-refractivity contribution is 6.02. The van der Waals surface area contributed by atoms with E-state index in [9.17, 15) is 55.5 Å². The van der Waals surface area contributed by atoms with Gasteiger partial charge in [0.05, 0.1) is 19.8 Å². The van der Waals surface area contributed by atoms with E-state index in [0.29, 0.717) is 45.0 Å². The number of amides is 1. The minimum absolute atomic E-state index is 0.0698. The predicted molar refractivity (Wildman–Crippen MR) is 550 cm³/mol. The van der Waals surface area contributed by atoms with Crippen molar-refractivity contribution in [3.05, 3.63) is 168 Å². The number of alkyl carbamates (subject to hydrolysis) is 1. The Morgan fingerprint density at radius 2 is 0.526 bits per heavy atom. The molecule has 16 nitrogen and oxygen atoms in total. The summed E-state index contributed by atoms with van der Waals surface area (Å²) in [6.07, 6.45) is 64.9. The summed E-state index contributed by atoms with van der Waals surface area (Å²) in [6.45, 7) is 6.67. The number of unbranched alkanes of at least 4 members (excludes halogenated alkanes) is 20. The lowest BCUT2D eigenvalue weighted by Crippen LogP contribution is -2.25. The highest BCUT2D eigenvalue weighted by Gasteiger charge is 2.34. The Morgan fingerprint density at radius 3 is 0.835 bits per heavy atom. The zero-order chi connectivity index (χ0) is 95.2. The number of hydrogen-bond acceptors (Lipinski definition) is 15. The average molecular weight is 1850 g/mol. The van der Waals surface area contributed by atoms with Crippen molar-refractivity contribution in [2.24, 2.45) is 27.1 Å². The third kappa shape index (κ3) is 53.0. The summed E-state index contributed by atoms with van der Waals surface area (Å²) >= 11 is 0. The lowest BCUT2D eigenvalue weighted by atomic mass is 9.70. The molecule has 0 saturated heterocycles. The van der Waals surface area contributed by atoms with E-state index >= 15 is 0 Å². The quantitative estimate of drug-likeness (QED) is 0.00967. The summed E-state index contributed by atoms with van der Waals surface area (Å²) in [6, 6.07) is 49.9. The van der Waals surface area contributed by atoms with Gasteiger partial charge in [-0.05, 0) is 296 Å². The molecule has 0 fully saturated rings. The highest BCUT2D eigenvalue weighted by atomic mass is 16.5. The van der Waals surface area contributed by atoms with Gasteiger partial charge in [-0.3, -0.25) is 4.79 Å². The van der Waals surface area contributed by atoms with Gasteiger partial charge in [0.15, 0.2) is 0 Å². The molecule has 0 bridgehead atoms. The molecule has 16 heteroatoms. The van der Waals surface area contributed by atoms with E-state index in [0.717, 1.165) is 317 Å². The molecule has 6 aromatic rings. The first kappa shape index (κ1) is 117. The van der Waals surface area contributed by atoms with E-state index in [1.165, 1.54) is 113 Å². The minimum atomic E-state index is -0.402.